The maximum Gasteiger partial charge on any atom is 0.221 e. The van der Waals surface area contributed by atoms with Crippen LogP contribution < -0.4 is 10.6 Å². The van der Waals surface area contributed by atoms with E-state index in [-0.39, 0.29) is 17.7 Å². The second-order valence-electron chi connectivity index (χ2n) is 4.82. The number of carbonyl (C=O) groups excluding carboxylic acids is 1. The third kappa shape index (κ3) is 7.11. The maximum absolute atomic E-state index is 11.5. The lowest BCUT2D eigenvalue weighted by Gasteiger charge is -2.14. The van der Waals surface area contributed by atoms with Crippen molar-refractivity contribution in [2.45, 2.75) is 25.8 Å². The fourth-order valence-corrected chi connectivity index (χ4v) is 1.87. The molecule has 1 amide bonds. The van der Waals surface area contributed by atoms with E-state index in [1.165, 1.54) is 0 Å². The van der Waals surface area contributed by atoms with Crippen LogP contribution in [0.4, 0.5) is 0 Å². The fraction of sp³-hybridized carbons (Fsp3) is 0.533. The van der Waals surface area contributed by atoms with Gasteiger partial charge in [0.2, 0.25) is 5.91 Å². The van der Waals surface area contributed by atoms with Crippen LogP contribution in [0.25, 0.3) is 0 Å². The maximum atomic E-state index is 11.5. The Labute approximate surface area is 120 Å². The Morgan fingerprint density at radius 3 is 2.65 bits per heavy atom. The standard InChI is InChI=1S/C15H24N2O3/c1-12(11-13-3-5-14(18)6-4-13)16-8-7-15(19)17-9-10-20-2/h3-6,12,16,18H,7-11H2,1-2H3,(H,17,19). The number of phenols is 1. The second kappa shape index (κ2) is 9.34. The van der Waals surface area contributed by atoms with Gasteiger partial charge in [0.25, 0.3) is 0 Å². The Balaban J connectivity index is 2.15. The molecular weight excluding hydrogens is 256 g/mol. The van der Waals surface area contributed by atoms with E-state index in [0.717, 1.165) is 12.0 Å². The number of hydrogen-bond donors (Lipinski definition) is 3. The summed E-state index contributed by atoms with van der Waals surface area (Å²) in [4.78, 5) is 11.5. The molecule has 0 saturated carbocycles. The summed E-state index contributed by atoms with van der Waals surface area (Å²) in [5, 5.41) is 15.3. The van der Waals surface area contributed by atoms with Gasteiger partial charge in [0.05, 0.1) is 6.61 Å². The average Bonchev–Trinajstić information content (AvgIpc) is 2.42. The molecule has 0 saturated heterocycles. The summed E-state index contributed by atoms with van der Waals surface area (Å²) in [6.45, 7) is 3.82. The summed E-state index contributed by atoms with van der Waals surface area (Å²) in [6.07, 6.45) is 1.33. The van der Waals surface area contributed by atoms with Crippen LogP contribution >= 0.6 is 0 Å². The van der Waals surface area contributed by atoms with Gasteiger partial charge in [0, 0.05) is 32.7 Å². The van der Waals surface area contributed by atoms with E-state index < -0.39 is 0 Å². The van der Waals surface area contributed by atoms with Gasteiger partial charge in [-0.2, -0.15) is 0 Å². The summed E-state index contributed by atoms with van der Waals surface area (Å²) in [6, 6.07) is 7.47. The zero-order chi connectivity index (χ0) is 14.8. The Bertz CT molecular complexity index is 393. The van der Waals surface area contributed by atoms with Crippen LogP contribution in [0.15, 0.2) is 24.3 Å². The first-order valence-electron chi connectivity index (χ1n) is 6.88. The molecule has 5 heteroatoms. The third-order valence-corrected chi connectivity index (χ3v) is 2.95. The van der Waals surface area contributed by atoms with Crippen molar-refractivity contribution in [2.24, 2.45) is 0 Å². The number of methoxy groups -OCH3 is 1. The van der Waals surface area contributed by atoms with Crippen molar-refractivity contribution in [3.63, 3.8) is 0 Å². The van der Waals surface area contributed by atoms with Gasteiger partial charge in [-0.05, 0) is 31.0 Å². The van der Waals surface area contributed by atoms with Crippen LogP contribution in [0.1, 0.15) is 18.9 Å². The van der Waals surface area contributed by atoms with Crippen molar-refractivity contribution >= 4 is 5.91 Å². The smallest absolute Gasteiger partial charge is 0.221 e. The van der Waals surface area contributed by atoms with E-state index in [4.69, 9.17) is 4.74 Å². The topological polar surface area (TPSA) is 70.6 Å². The first-order chi connectivity index (χ1) is 9.61. The molecule has 5 nitrogen and oxygen atoms in total. The van der Waals surface area contributed by atoms with Crippen molar-refractivity contribution in [2.75, 3.05) is 26.8 Å². The largest absolute Gasteiger partial charge is 0.508 e. The third-order valence-electron chi connectivity index (χ3n) is 2.95. The van der Waals surface area contributed by atoms with Gasteiger partial charge in [-0.25, -0.2) is 0 Å². The van der Waals surface area contributed by atoms with Gasteiger partial charge in [-0.3, -0.25) is 4.79 Å². The van der Waals surface area contributed by atoms with Gasteiger partial charge < -0.3 is 20.5 Å². The number of phenolic OH excluding ortho intramolecular Hbond substituents is 1. The lowest BCUT2D eigenvalue weighted by atomic mass is 10.1. The van der Waals surface area contributed by atoms with Gasteiger partial charge in [0.1, 0.15) is 5.75 Å². The molecule has 0 aliphatic rings. The highest BCUT2D eigenvalue weighted by Gasteiger charge is 2.05. The van der Waals surface area contributed by atoms with Crippen molar-refractivity contribution in [1.82, 2.24) is 10.6 Å². The molecule has 1 aromatic carbocycles. The van der Waals surface area contributed by atoms with Gasteiger partial charge >= 0.3 is 0 Å². The van der Waals surface area contributed by atoms with Crippen molar-refractivity contribution in [3.8, 4) is 5.75 Å². The summed E-state index contributed by atoms with van der Waals surface area (Å²) in [5.74, 6) is 0.313. The highest BCUT2D eigenvalue weighted by molar-refractivity contribution is 5.76. The van der Waals surface area contributed by atoms with Crippen LogP contribution in [0.3, 0.4) is 0 Å². The monoisotopic (exact) mass is 280 g/mol. The van der Waals surface area contributed by atoms with E-state index in [9.17, 15) is 9.90 Å². The molecule has 1 rings (SSSR count). The van der Waals surface area contributed by atoms with Gasteiger partial charge in [-0.1, -0.05) is 12.1 Å². The Kier molecular flexibility index (Phi) is 7.69. The predicted octanol–water partition coefficient (Wildman–Crippen LogP) is 1.07. The SMILES string of the molecule is COCCNC(=O)CCNC(C)Cc1ccc(O)cc1. The molecule has 0 bridgehead atoms. The average molecular weight is 280 g/mol. The van der Waals surface area contributed by atoms with Crippen molar-refractivity contribution in [3.05, 3.63) is 29.8 Å². The number of amides is 1. The minimum absolute atomic E-state index is 0.0337. The first kappa shape index (κ1) is 16.5. The van der Waals surface area contributed by atoms with Crippen molar-refractivity contribution < 1.29 is 14.6 Å². The number of hydrogen-bond acceptors (Lipinski definition) is 4. The molecule has 0 heterocycles. The molecule has 1 atom stereocenters. The molecule has 20 heavy (non-hydrogen) atoms. The van der Waals surface area contributed by atoms with E-state index in [0.29, 0.717) is 26.1 Å². The van der Waals surface area contributed by atoms with E-state index in [2.05, 4.69) is 17.6 Å². The quantitative estimate of drug-likeness (QED) is 0.592. The molecular formula is C15H24N2O3. The molecule has 0 radical (unpaired) electrons. The minimum atomic E-state index is 0.0337. The van der Waals surface area contributed by atoms with E-state index >= 15 is 0 Å². The van der Waals surface area contributed by atoms with Crippen LogP contribution in [0.2, 0.25) is 0 Å². The van der Waals surface area contributed by atoms with Crippen LogP contribution in [-0.4, -0.2) is 43.9 Å². The van der Waals surface area contributed by atoms with Gasteiger partial charge in [0.15, 0.2) is 0 Å². The molecule has 0 aromatic heterocycles. The Hall–Kier alpha value is -1.59. The number of rotatable bonds is 9. The molecule has 0 spiro atoms. The normalized spacial score (nSPS) is 12.1. The summed E-state index contributed by atoms with van der Waals surface area (Å²) in [5.41, 5.74) is 1.16. The predicted molar refractivity (Wildman–Crippen MR) is 78.8 cm³/mol. The second-order valence-corrected chi connectivity index (χ2v) is 4.82. The van der Waals surface area contributed by atoms with Crippen molar-refractivity contribution in [1.29, 1.82) is 0 Å². The number of aromatic hydroxyl groups is 1. The first-order valence-corrected chi connectivity index (χ1v) is 6.88. The molecule has 112 valence electrons. The zero-order valence-corrected chi connectivity index (χ0v) is 12.2. The van der Waals surface area contributed by atoms with Gasteiger partial charge in [-0.15, -0.1) is 0 Å². The molecule has 0 aliphatic heterocycles. The zero-order valence-electron chi connectivity index (χ0n) is 12.2. The molecule has 1 aromatic rings. The lowest BCUT2D eigenvalue weighted by Crippen LogP contribution is -2.34. The summed E-state index contributed by atoms with van der Waals surface area (Å²) in [7, 11) is 1.61. The Morgan fingerprint density at radius 1 is 1.30 bits per heavy atom. The number of ether oxygens (including phenoxy) is 1. The highest BCUT2D eigenvalue weighted by atomic mass is 16.5. The summed E-state index contributed by atoms with van der Waals surface area (Å²) < 4.78 is 4.86. The van der Waals surface area contributed by atoms with E-state index in [1.807, 2.05) is 12.1 Å². The highest BCUT2D eigenvalue weighted by Crippen LogP contribution is 2.11. The Morgan fingerprint density at radius 2 is 2.00 bits per heavy atom. The molecule has 0 aliphatic carbocycles. The van der Waals surface area contributed by atoms with E-state index in [1.54, 1.807) is 19.2 Å². The van der Waals surface area contributed by atoms with Crippen LogP contribution in [0.5, 0.6) is 5.75 Å². The number of carbonyl (C=O) groups is 1. The fourth-order valence-electron chi connectivity index (χ4n) is 1.87. The van der Waals surface area contributed by atoms with Crippen LogP contribution in [0, 0.1) is 0 Å². The minimum Gasteiger partial charge on any atom is -0.508 e. The molecule has 1 unspecified atom stereocenters. The molecule has 0 fully saturated rings. The molecule has 3 N–H and O–H groups in total. The summed E-state index contributed by atoms with van der Waals surface area (Å²) >= 11 is 0. The lowest BCUT2D eigenvalue weighted by molar-refractivity contribution is -0.121. The number of nitrogens with one attached hydrogen (secondary N) is 2. The number of benzene rings is 1. The van der Waals surface area contributed by atoms with Crippen LogP contribution in [-0.2, 0) is 16.0 Å².